The van der Waals surface area contributed by atoms with Crippen molar-refractivity contribution in [1.29, 1.82) is 0 Å². The van der Waals surface area contributed by atoms with E-state index in [9.17, 15) is 9.18 Å². The van der Waals surface area contributed by atoms with Gasteiger partial charge in [-0.05, 0) is 40.9 Å². The summed E-state index contributed by atoms with van der Waals surface area (Å²) in [5, 5.41) is 8.40. The molecule has 1 aromatic rings. The molecule has 16 heavy (non-hydrogen) atoms. The predicted octanol–water partition coefficient (Wildman–Crippen LogP) is 3.22. The van der Waals surface area contributed by atoms with Crippen molar-refractivity contribution in [3.63, 3.8) is 0 Å². The molecule has 0 saturated heterocycles. The molecule has 0 aliphatic rings. The lowest BCUT2D eigenvalue weighted by Gasteiger charge is -2.05. The van der Waals surface area contributed by atoms with Crippen molar-refractivity contribution >= 4 is 21.9 Å². The lowest BCUT2D eigenvalue weighted by Crippen LogP contribution is -2.00. The van der Waals surface area contributed by atoms with Crippen molar-refractivity contribution in [2.75, 3.05) is 6.61 Å². The summed E-state index contributed by atoms with van der Waals surface area (Å²) < 4.78 is 18.7. The maximum absolute atomic E-state index is 13.1. The monoisotopic (exact) mass is 290 g/mol. The molecule has 1 rings (SSSR count). The van der Waals surface area contributed by atoms with Gasteiger partial charge in [-0.25, -0.2) is 4.39 Å². The van der Waals surface area contributed by atoms with Gasteiger partial charge in [-0.1, -0.05) is 0 Å². The number of halogens is 2. The Kier molecular flexibility index (Phi) is 5.25. The van der Waals surface area contributed by atoms with Crippen molar-refractivity contribution in [3.05, 3.63) is 28.5 Å². The highest BCUT2D eigenvalue weighted by molar-refractivity contribution is 9.10. The van der Waals surface area contributed by atoms with Crippen LogP contribution >= 0.6 is 15.9 Å². The molecule has 5 heteroatoms. The van der Waals surface area contributed by atoms with Gasteiger partial charge in [0.15, 0.2) is 0 Å². The Balaban J connectivity index is 2.27. The van der Waals surface area contributed by atoms with Crippen LogP contribution in [-0.2, 0) is 4.79 Å². The third-order valence-corrected chi connectivity index (χ3v) is 2.59. The van der Waals surface area contributed by atoms with Crippen LogP contribution in [0.4, 0.5) is 4.39 Å². The molecule has 1 aromatic carbocycles. The van der Waals surface area contributed by atoms with Gasteiger partial charge in [0.05, 0.1) is 11.1 Å². The molecule has 0 amide bonds. The van der Waals surface area contributed by atoms with Gasteiger partial charge in [-0.2, -0.15) is 0 Å². The molecule has 0 radical (unpaired) electrons. The van der Waals surface area contributed by atoms with E-state index < -0.39 is 5.97 Å². The van der Waals surface area contributed by atoms with Crippen molar-refractivity contribution in [2.24, 2.45) is 0 Å². The van der Waals surface area contributed by atoms with Gasteiger partial charge in [0.2, 0.25) is 0 Å². The molecule has 0 heterocycles. The number of hydrogen-bond acceptors (Lipinski definition) is 2. The number of aliphatic carboxylic acids is 1. The van der Waals surface area contributed by atoms with Crippen molar-refractivity contribution in [3.8, 4) is 5.75 Å². The SMILES string of the molecule is O=C(O)CCCCOc1ccc(Br)c(F)c1. The van der Waals surface area contributed by atoms with E-state index in [0.717, 1.165) is 0 Å². The first kappa shape index (κ1) is 13.0. The number of benzene rings is 1. The van der Waals surface area contributed by atoms with Gasteiger partial charge < -0.3 is 9.84 Å². The highest BCUT2D eigenvalue weighted by Crippen LogP contribution is 2.21. The maximum atomic E-state index is 13.1. The summed E-state index contributed by atoms with van der Waals surface area (Å²) in [4.78, 5) is 10.2. The first-order valence-corrected chi connectivity index (χ1v) is 5.68. The fourth-order valence-corrected chi connectivity index (χ4v) is 1.38. The van der Waals surface area contributed by atoms with E-state index in [1.54, 1.807) is 12.1 Å². The number of rotatable bonds is 6. The summed E-state index contributed by atoms with van der Waals surface area (Å²) >= 11 is 3.04. The van der Waals surface area contributed by atoms with E-state index >= 15 is 0 Å². The Labute approximate surface area is 101 Å². The van der Waals surface area contributed by atoms with Crippen molar-refractivity contribution in [1.82, 2.24) is 0 Å². The first-order chi connectivity index (χ1) is 7.59. The fourth-order valence-electron chi connectivity index (χ4n) is 1.13. The van der Waals surface area contributed by atoms with Gasteiger partial charge in [-0.15, -0.1) is 0 Å². The summed E-state index contributed by atoms with van der Waals surface area (Å²) in [5.41, 5.74) is 0. The summed E-state index contributed by atoms with van der Waals surface area (Å²) in [6, 6.07) is 4.52. The number of carboxylic acids is 1. The summed E-state index contributed by atoms with van der Waals surface area (Å²) in [7, 11) is 0. The van der Waals surface area contributed by atoms with Crippen LogP contribution in [0.2, 0.25) is 0 Å². The minimum Gasteiger partial charge on any atom is -0.493 e. The molecule has 3 nitrogen and oxygen atoms in total. The van der Waals surface area contributed by atoms with Crippen LogP contribution in [0.3, 0.4) is 0 Å². The van der Waals surface area contributed by atoms with E-state index in [1.807, 2.05) is 0 Å². The summed E-state index contributed by atoms with van der Waals surface area (Å²) in [6.07, 6.45) is 1.34. The minimum absolute atomic E-state index is 0.137. The molecule has 88 valence electrons. The zero-order chi connectivity index (χ0) is 12.0. The van der Waals surface area contributed by atoms with Crippen LogP contribution < -0.4 is 4.74 Å². The summed E-state index contributed by atoms with van der Waals surface area (Å²) in [6.45, 7) is 0.397. The Morgan fingerprint density at radius 2 is 2.19 bits per heavy atom. The van der Waals surface area contributed by atoms with Crippen LogP contribution in [0.5, 0.6) is 5.75 Å². The highest BCUT2D eigenvalue weighted by Gasteiger charge is 2.01. The number of hydrogen-bond donors (Lipinski definition) is 1. The van der Waals surface area contributed by atoms with Crippen LogP contribution in [0.1, 0.15) is 19.3 Å². The normalized spacial score (nSPS) is 10.1. The van der Waals surface area contributed by atoms with Gasteiger partial charge in [0.1, 0.15) is 11.6 Å². The Hall–Kier alpha value is -1.10. The molecular formula is C11H12BrFO3. The van der Waals surface area contributed by atoms with Gasteiger partial charge >= 0.3 is 5.97 Å². The quantitative estimate of drug-likeness (QED) is 0.818. The Morgan fingerprint density at radius 1 is 1.44 bits per heavy atom. The van der Waals surface area contributed by atoms with Crippen molar-refractivity contribution < 1.29 is 19.0 Å². The second kappa shape index (κ2) is 6.48. The second-order valence-corrected chi connectivity index (χ2v) is 4.13. The van der Waals surface area contributed by atoms with Crippen LogP contribution in [0, 0.1) is 5.82 Å². The van der Waals surface area contributed by atoms with E-state index in [4.69, 9.17) is 9.84 Å². The van der Waals surface area contributed by atoms with E-state index in [-0.39, 0.29) is 12.2 Å². The van der Waals surface area contributed by atoms with E-state index in [2.05, 4.69) is 15.9 Å². The van der Waals surface area contributed by atoms with Gasteiger partial charge in [-0.3, -0.25) is 4.79 Å². The second-order valence-electron chi connectivity index (χ2n) is 3.28. The topological polar surface area (TPSA) is 46.5 Å². The standard InChI is InChI=1S/C11H12BrFO3/c12-9-5-4-8(7-10(9)13)16-6-2-1-3-11(14)15/h4-5,7H,1-3,6H2,(H,14,15). The maximum Gasteiger partial charge on any atom is 0.303 e. The number of carbonyl (C=O) groups is 1. The zero-order valence-electron chi connectivity index (χ0n) is 8.58. The number of carboxylic acid groups (broad SMARTS) is 1. The molecule has 1 N–H and O–H groups in total. The van der Waals surface area contributed by atoms with Crippen LogP contribution in [0.25, 0.3) is 0 Å². The van der Waals surface area contributed by atoms with E-state index in [0.29, 0.717) is 29.7 Å². The fraction of sp³-hybridized carbons (Fsp3) is 0.364. The zero-order valence-corrected chi connectivity index (χ0v) is 10.2. The number of unbranched alkanes of at least 4 members (excludes halogenated alkanes) is 1. The first-order valence-electron chi connectivity index (χ1n) is 4.89. The molecular weight excluding hydrogens is 279 g/mol. The molecule has 0 fully saturated rings. The van der Waals surface area contributed by atoms with Crippen LogP contribution in [0.15, 0.2) is 22.7 Å². The molecule has 0 aromatic heterocycles. The highest BCUT2D eigenvalue weighted by atomic mass is 79.9. The molecule has 0 saturated carbocycles. The largest absolute Gasteiger partial charge is 0.493 e. The molecule has 0 unspecified atom stereocenters. The van der Waals surface area contributed by atoms with Crippen LogP contribution in [-0.4, -0.2) is 17.7 Å². The average Bonchev–Trinajstić information content (AvgIpc) is 2.22. The number of ether oxygens (including phenoxy) is 1. The van der Waals surface area contributed by atoms with Gasteiger partial charge in [0, 0.05) is 12.5 Å². The third-order valence-electron chi connectivity index (χ3n) is 1.94. The molecule has 0 atom stereocenters. The smallest absolute Gasteiger partial charge is 0.303 e. The Bertz CT molecular complexity index is 368. The molecule has 0 aliphatic heterocycles. The molecule has 0 aliphatic carbocycles. The van der Waals surface area contributed by atoms with Gasteiger partial charge in [0.25, 0.3) is 0 Å². The lowest BCUT2D eigenvalue weighted by atomic mass is 10.2. The third kappa shape index (κ3) is 4.61. The lowest BCUT2D eigenvalue weighted by molar-refractivity contribution is -0.137. The van der Waals surface area contributed by atoms with Crippen molar-refractivity contribution in [2.45, 2.75) is 19.3 Å². The molecule has 0 spiro atoms. The summed E-state index contributed by atoms with van der Waals surface area (Å²) in [5.74, 6) is -0.728. The average molecular weight is 291 g/mol. The minimum atomic E-state index is -0.810. The van der Waals surface area contributed by atoms with E-state index in [1.165, 1.54) is 6.07 Å². The predicted molar refractivity (Wildman–Crippen MR) is 61.1 cm³/mol. The molecule has 0 bridgehead atoms. The Morgan fingerprint density at radius 3 is 2.81 bits per heavy atom.